The minimum absolute atomic E-state index is 0.748. The summed E-state index contributed by atoms with van der Waals surface area (Å²) in [5.41, 5.74) is 0. The van der Waals surface area contributed by atoms with Crippen LogP contribution in [0, 0.1) is 5.92 Å². The highest BCUT2D eigenvalue weighted by Gasteiger charge is 2.38. The molecule has 3 fully saturated rings. The largest absolute Gasteiger partial charge is 0.311 e. The molecule has 0 aromatic heterocycles. The van der Waals surface area contributed by atoms with Gasteiger partial charge in [0.05, 0.1) is 0 Å². The summed E-state index contributed by atoms with van der Waals surface area (Å²) in [6, 6.07) is 3.30. The molecule has 2 bridgehead atoms. The number of nitrogens with zero attached hydrogens (tertiary/aromatic N) is 1. The first-order valence-corrected chi connectivity index (χ1v) is 8.22. The molecular weight excluding hydrogens is 220 g/mol. The van der Waals surface area contributed by atoms with Crippen LogP contribution in [0.4, 0.5) is 0 Å². The lowest BCUT2D eigenvalue weighted by molar-refractivity contribution is 0.134. The third-order valence-corrected chi connectivity index (χ3v) is 5.95. The average Bonchev–Trinajstić information content (AvgIpc) is 2.63. The van der Waals surface area contributed by atoms with E-state index in [1.165, 1.54) is 57.8 Å². The van der Waals surface area contributed by atoms with E-state index in [9.17, 15) is 0 Å². The van der Waals surface area contributed by atoms with Crippen LogP contribution in [-0.2, 0) is 0 Å². The van der Waals surface area contributed by atoms with Gasteiger partial charge < -0.3 is 10.2 Å². The van der Waals surface area contributed by atoms with Gasteiger partial charge in [-0.05, 0) is 58.4 Å². The quantitative estimate of drug-likeness (QED) is 0.827. The topological polar surface area (TPSA) is 15.3 Å². The van der Waals surface area contributed by atoms with E-state index < -0.39 is 0 Å². The van der Waals surface area contributed by atoms with E-state index in [0.29, 0.717) is 0 Å². The van der Waals surface area contributed by atoms with Gasteiger partial charge >= 0.3 is 0 Å². The molecule has 2 nitrogen and oxygen atoms in total. The molecule has 2 heterocycles. The van der Waals surface area contributed by atoms with Gasteiger partial charge in [-0.1, -0.05) is 19.3 Å². The molecule has 1 N–H and O–H groups in total. The van der Waals surface area contributed by atoms with Crippen LogP contribution in [-0.4, -0.2) is 36.1 Å². The van der Waals surface area contributed by atoms with Gasteiger partial charge in [0.15, 0.2) is 0 Å². The Bertz CT molecular complexity index is 258. The van der Waals surface area contributed by atoms with Crippen molar-refractivity contribution in [2.24, 2.45) is 5.92 Å². The number of piperidine rings is 1. The predicted molar refractivity (Wildman–Crippen MR) is 76.8 cm³/mol. The third-order valence-electron chi connectivity index (χ3n) is 5.95. The van der Waals surface area contributed by atoms with E-state index in [1.807, 2.05) is 0 Å². The summed E-state index contributed by atoms with van der Waals surface area (Å²) in [5.74, 6) is 0.955. The van der Waals surface area contributed by atoms with Crippen molar-refractivity contribution in [3.05, 3.63) is 0 Å². The first kappa shape index (κ1) is 12.9. The monoisotopic (exact) mass is 250 g/mol. The zero-order valence-corrected chi connectivity index (χ0v) is 12.2. The van der Waals surface area contributed by atoms with Crippen LogP contribution in [0.15, 0.2) is 0 Å². The lowest BCUT2D eigenvalue weighted by Gasteiger charge is -2.39. The van der Waals surface area contributed by atoms with Crippen molar-refractivity contribution in [2.75, 3.05) is 7.05 Å². The fourth-order valence-electron chi connectivity index (χ4n) is 4.69. The normalized spacial score (nSPS) is 40.0. The highest BCUT2D eigenvalue weighted by atomic mass is 15.2. The van der Waals surface area contributed by atoms with Crippen molar-refractivity contribution in [1.29, 1.82) is 0 Å². The highest BCUT2D eigenvalue weighted by Crippen LogP contribution is 2.35. The molecule has 2 heteroatoms. The van der Waals surface area contributed by atoms with Crippen molar-refractivity contribution >= 4 is 0 Å². The van der Waals surface area contributed by atoms with Gasteiger partial charge in [-0.25, -0.2) is 0 Å². The summed E-state index contributed by atoms with van der Waals surface area (Å²) in [5, 5.41) is 3.98. The molecule has 0 amide bonds. The zero-order chi connectivity index (χ0) is 12.5. The van der Waals surface area contributed by atoms with Crippen molar-refractivity contribution in [3.8, 4) is 0 Å². The Morgan fingerprint density at radius 3 is 2.17 bits per heavy atom. The van der Waals surface area contributed by atoms with E-state index >= 15 is 0 Å². The van der Waals surface area contributed by atoms with E-state index in [1.54, 1.807) is 0 Å². The molecular formula is C16H30N2. The van der Waals surface area contributed by atoms with Crippen LogP contribution in [0.5, 0.6) is 0 Å². The van der Waals surface area contributed by atoms with Gasteiger partial charge in [-0.2, -0.15) is 0 Å². The SMILES string of the molecule is C[C@H](NC1CC2CCC(C1)N2C)C1CCCCC1. The Labute approximate surface area is 113 Å². The van der Waals surface area contributed by atoms with Gasteiger partial charge in [-0.15, -0.1) is 0 Å². The third kappa shape index (κ3) is 2.60. The summed E-state index contributed by atoms with van der Waals surface area (Å²) in [6.07, 6.45) is 13.0. The van der Waals surface area contributed by atoms with Crippen LogP contribution < -0.4 is 5.32 Å². The Balaban J connectivity index is 1.51. The van der Waals surface area contributed by atoms with Crippen LogP contribution in [0.3, 0.4) is 0 Å². The molecule has 3 rings (SSSR count). The maximum atomic E-state index is 3.98. The number of hydrogen-bond acceptors (Lipinski definition) is 2. The zero-order valence-electron chi connectivity index (χ0n) is 12.2. The van der Waals surface area contributed by atoms with Gasteiger partial charge in [0.25, 0.3) is 0 Å². The molecule has 3 atom stereocenters. The first-order chi connectivity index (χ1) is 8.74. The molecule has 2 saturated heterocycles. The fourth-order valence-corrected chi connectivity index (χ4v) is 4.69. The van der Waals surface area contributed by atoms with E-state index in [-0.39, 0.29) is 0 Å². The van der Waals surface area contributed by atoms with E-state index in [0.717, 1.165) is 30.1 Å². The minimum Gasteiger partial charge on any atom is -0.311 e. The predicted octanol–water partition coefficient (Wildman–Crippen LogP) is 3.17. The maximum Gasteiger partial charge on any atom is 0.0111 e. The summed E-state index contributed by atoms with van der Waals surface area (Å²) in [4.78, 5) is 2.64. The number of rotatable bonds is 3. The minimum atomic E-state index is 0.748. The summed E-state index contributed by atoms with van der Waals surface area (Å²) < 4.78 is 0. The Morgan fingerprint density at radius 1 is 0.944 bits per heavy atom. The standard InChI is InChI=1S/C16H30N2/c1-12(13-6-4-3-5-7-13)17-14-10-15-8-9-16(11-14)18(15)2/h12-17H,3-11H2,1-2H3/t12-,14?,15?,16?/m0/s1. The van der Waals surface area contributed by atoms with Crippen molar-refractivity contribution in [3.63, 3.8) is 0 Å². The average molecular weight is 250 g/mol. The Hall–Kier alpha value is -0.0800. The number of fused-ring (bicyclic) bond motifs is 2. The molecule has 104 valence electrons. The number of nitrogens with one attached hydrogen (secondary N) is 1. The molecule has 0 aromatic rings. The fraction of sp³-hybridized carbons (Fsp3) is 1.00. The van der Waals surface area contributed by atoms with E-state index in [4.69, 9.17) is 0 Å². The van der Waals surface area contributed by atoms with Crippen molar-refractivity contribution in [1.82, 2.24) is 10.2 Å². The molecule has 1 saturated carbocycles. The highest BCUT2D eigenvalue weighted by molar-refractivity contribution is 4.97. The van der Waals surface area contributed by atoms with Crippen LogP contribution in [0.25, 0.3) is 0 Å². The summed E-state index contributed by atoms with van der Waals surface area (Å²) in [7, 11) is 2.34. The van der Waals surface area contributed by atoms with Gasteiger partial charge in [0.2, 0.25) is 0 Å². The summed E-state index contributed by atoms with van der Waals surface area (Å²) in [6.45, 7) is 2.44. The van der Waals surface area contributed by atoms with Crippen LogP contribution in [0.1, 0.15) is 64.7 Å². The lowest BCUT2D eigenvalue weighted by Crippen LogP contribution is -2.50. The smallest absolute Gasteiger partial charge is 0.0111 e. The van der Waals surface area contributed by atoms with Gasteiger partial charge in [0, 0.05) is 24.2 Å². The van der Waals surface area contributed by atoms with Crippen molar-refractivity contribution < 1.29 is 0 Å². The molecule has 2 aliphatic heterocycles. The second-order valence-corrected chi connectivity index (χ2v) is 7.07. The molecule has 0 aromatic carbocycles. The molecule has 2 unspecified atom stereocenters. The Morgan fingerprint density at radius 2 is 1.56 bits per heavy atom. The van der Waals surface area contributed by atoms with Crippen LogP contribution in [0.2, 0.25) is 0 Å². The van der Waals surface area contributed by atoms with Crippen LogP contribution >= 0.6 is 0 Å². The van der Waals surface area contributed by atoms with E-state index in [2.05, 4.69) is 24.2 Å². The molecule has 3 aliphatic rings. The molecule has 0 radical (unpaired) electrons. The van der Waals surface area contributed by atoms with Gasteiger partial charge in [0.1, 0.15) is 0 Å². The Kier molecular flexibility index (Phi) is 3.95. The molecule has 1 aliphatic carbocycles. The second-order valence-electron chi connectivity index (χ2n) is 7.07. The summed E-state index contributed by atoms with van der Waals surface area (Å²) >= 11 is 0. The first-order valence-electron chi connectivity index (χ1n) is 8.22. The maximum absolute atomic E-state index is 3.98. The van der Waals surface area contributed by atoms with Gasteiger partial charge in [-0.3, -0.25) is 0 Å². The second kappa shape index (κ2) is 5.50. The lowest BCUT2D eigenvalue weighted by atomic mass is 9.84. The van der Waals surface area contributed by atoms with Crippen molar-refractivity contribution in [2.45, 2.75) is 88.9 Å². The molecule has 0 spiro atoms. The number of hydrogen-bond donors (Lipinski definition) is 1. The molecule has 18 heavy (non-hydrogen) atoms.